The lowest BCUT2D eigenvalue weighted by Gasteiger charge is -2.20. The minimum absolute atomic E-state index is 0.0312. The normalized spacial score (nSPS) is 11.5. The van der Waals surface area contributed by atoms with E-state index in [-0.39, 0.29) is 5.41 Å². The van der Waals surface area contributed by atoms with Gasteiger partial charge in [-0.25, -0.2) is 0 Å². The quantitative estimate of drug-likeness (QED) is 0.757. The molecule has 0 amide bonds. The Kier molecular flexibility index (Phi) is 3.16. The molecule has 1 aromatic carbocycles. The average molecular weight is 247 g/mol. The lowest BCUT2D eigenvalue weighted by atomic mass is 9.88. The molecular weight excluding hydrogens is 232 g/mol. The first kappa shape index (κ1) is 12.1. The molecule has 0 spiro atoms. The van der Waals surface area contributed by atoms with E-state index in [0.29, 0.717) is 5.15 Å². The van der Waals surface area contributed by atoms with E-state index in [1.165, 1.54) is 0 Å². The van der Waals surface area contributed by atoms with Crippen LogP contribution in [0.25, 0.3) is 11.3 Å². The van der Waals surface area contributed by atoms with Gasteiger partial charge in [0.2, 0.25) is 0 Å². The number of hydrogen-bond acceptors (Lipinski definition) is 2. The van der Waals surface area contributed by atoms with Crippen LogP contribution in [0, 0.1) is 0 Å². The Bertz CT molecular complexity index is 515. The molecule has 2 aromatic rings. The van der Waals surface area contributed by atoms with Gasteiger partial charge in [-0.05, 0) is 17.0 Å². The van der Waals surface area contributed by atoms with Crippen LogP contribution in [0.1, 0.15) is 26.3 Å². The molecule has 0 aliphatic carbocycles. The van der Waals surface area contributed by atoms with Gasteiger partial charge >= 0.3 is 0 Å². The molecule has 3 heteroatoms. The molecule has 88 valence electrons. The van der Waals surface area contributed by atoms with Crippen molar-refractivity contribution in [2.45, 2.75) is 26.2 Å². The summed E-state index contributed by atoms with van der Waals surface area (Å²) in [5, 5.41) is 8.66. The number of benzene rings is 1. The topological polar surface area (TPSA) is 25.8 Å². The number of hydrogen-bond donors (Lipinski definition) is 0. The van der Waals surface area contributed by atoms with Crippen LogP contribution in [0.3, 0.4) is 0 Å². The van der Waals surface area contributed by atoms with E-state index in [4.69, 9.17) is 11.6 Å². The van der Waals surface area contributed by atoms with E-state index in [9.17, 15) is 0 Å². The van der Waals surface area contributed by atoms with Gasteiger partial charge in [-0.2, -0.15) is 0 Å². The summed E-state index contributed by atoms with van der Waals surface area (Å²) in [4.78, 5) is 0. The van der Waals surface area contributed by atoms with E-state index in [1.54, 1.807) is 0 Å². The maximum absolute atomic E-state index is 6.09. The standard InChI is InChI=1S/C14H15ClN2/c1-14(2,3)11-9-12(16-17-13(11)15)10-7-5-4-6-8-10/h4-9H,1-3H3. The highest BCUT2D eigenvalue weighted by Gasteiger charge is 2.19. The van der Waals surface area contributed by atoms with Crippen LogP contribution in [0.4, 0.5) is 0 Å². The second kappa shape index (κ2) is 4.46. The number of rotatable bonds is 1. The van der Waals surface area contributed by atoms with E-state index < -0.39 is 0 Å². The van der Waals surface area contributed by atoms with Crippen molar-refractivity contribution in [1.29, 1.82) is 0 Å². The largest absolute Gasteiger partial charge is 0.155 e. The SMILES string of the molecule is CC(C)(C)c1cc(-c2ccccc2)nnc1Cl. The molecule has 0 saturated heterocycles. The molecule has 0 aliphatic heterocycles. The molecule has 0 radical (unpaired) electrons. The predicted octanol–water partition coefficient (Wildman–Crippen LogP) is 4.09. The van der Waals surface area contributed by atoms with Crippen molar-refractivity contribution in [2.75, 3.05) is 0 Å². The van der Waals surface area contributed by atoms with E-state index in [1.807, 2.05) is 36.4 Å². The summed E-state index contributed by atoms with van der Waals surface area (Å²) < 4.78 is 0. The van der Waals surface area contributed by atoms with E-state index >= 15 is 0 Å². The van der Waals surface area contributed by atoms with Crippen molar-refractivity contribution in [3.05, 3.63) is 47.1 Å². The maximum Gasteiger partial charge on any atom is 0.155 e. The minimum Gasteiger partial charge on any atom is -0.149 e. The molecular formula is C14H15ClN2. The molecule has 2 rings (SSSR count). The zero-order valence-corrected chi connectivity index (χ0v) is 11.0. The summed E-state index contributed by atoms with van der Waals surface area (Å²) >= 11 is 6.09. The Hall–Kier alpha value is -1.41. The van der Waals surface area contributed by atoms with Crippen molar-refractivity contribution in [3.8, 4) is 11.3 Å². The van der Waals surface area contributed by atoms with Gasteiger partial charge in [0.15, 0.2) is 5.15 Å². The van der Waals surface area contributed by atoms with Crippen molar-refractivity contribution >= 4 is 11.6 Å². The number of halogens is 1. The summed E-state index contributed by atoms with van der Waals surface area (Å²) in [5.41, 5.74) is 2.91. The molecule has 1 heterocycles. The van der Waals surface area contributed by atoms with Crippen LogP contribution in [0.5, 0.6) is 0 Å². The number of aromatic nitrogens is 2. The Labute approximate surface area is 107 Å². The Morgan fingerprint density at radius 1 is 1.00 bits per heavy atom. The fraction of sp³-hybridized carbons (Fsp3) is 0.286. The van der Waals surface area contributed by atoms with Crippen molar-refractivity contribution in [3.63, 3.8) is 0 Å². The maximum atomic E-state index is 6.09. The van der Waals surface area contributed by atoms with Gasteiger partial charge < -0.3 is 0 Å². The second-order valence-corrected chi connectivity index (χ2v) is 5.41. The molecule has 1 aromatic heterocycles. The Morgan fingerprint density at radius 2 is 1.65 bits per heavy atom. The minimum atomic E-state index is -0.0312. The average Bonchev–Trinajstić information content (AvgIpc) is 2.29. The van der Waals surface area contributed by atoms with Crippen LogP contribution in [-0.2, 0) is 5.41 Å². The van der Waals surface area contributed by atoms with Gasteiger partial charge in [0.1, 0.15) is 0 Å². The van der Waals surface area contributed by atoms with Gasteiger partial charge in [0.05, 0.1) is 5.69 Å². The first-order valence-electron chi connectivity index (χ1n) is 5.57. The summed E-state index contributed by atoms with van der Waals surface area (Å²) in [5.74, 6) is 0. The van der Waals surface area contributed by atoms with Crippen LogP contribution in [0.15, 0.2) is 36.4 Å². The van der Waals surface area contributed by atoms with Crippen molar-refractivity contribution in [2.24, 2.45) is 0 Å². The highest BCUT2D eigenvalue weighted by atomic mass is 35.5. The summed E-state index contributed by atoms with van der Waals surface area (Å²) in [6.45, 7) is 6.35. The van der Waals surface area contributed by atoms with Gasteiger partial charge in [-0.3, -0.25) is 0 Å². The summed E-state index contributed by atoms with van der Waals surface area (Å²) in [7, 11) is 0. The zero-order chi connectivity index (χ0) is 12.5. The van der Waals surface area contributed by atoms with E-state index in [2.05, 4.69) is 31.0 Å². The fourth-order valence-corrected chi connectivity index (χ4v) is 2.03. The molecule has 0 bridgehead atoms. The highest BCUT2D eigenvalue weighted by molar-refractivity contribution is 6.30. The molecule has 0 atom stereocenters. The van der Waals surface area contributed by atoms with Gasteiger partial charge in [0, 0.05) is 5.56 Å². The molecule has 0 aliphatic rings. The Balaban J connectivity index is 2.53. The summed E-state index contributed by atoms with van der Waals surface area (Å²) in [6, 6.07) is 12.0. The molecule has 0 fully saturated rings. The molecule has 0 unspecified atom stereocenters. The molecule has 0 N–H and O–H groups in total. The van der Waals surface area contributed by atoms with Gasteiger partial charge in [0.25, 0.3) is 0 Å². The molecule has 17 heavy (non-hydrogen) atoms. The predicted molar refractivity (Wildman–Crippen MR) is 71.2 cm³/mol. The third-order valence-corrected chi connectivity index (χ3v) is 2.91. The zero-order valence-electron chi connectivity index (χ0n) is 10.2. The highest BCUT2D eigenvalue weighted by Crippen LogP contribution is 2.30. The second-order valence-electron chi connectivity index (χ2n) is 5.05. The van der Waals surface area contributed by atoms with Gasteiger partial charge in [-0.1, -0.05) is 62.7 Å². The third kappa shape index (κ3) is 2.64. The first-order valence-corrected chi connectivity index (χ1v) is 5.95. The monoisotopic (exact) mass is 246 g/mol. The van der Waals surface area contributed by atoms with Crippen LogP contribution >= 0.6 is 11.6 Å². The summed E-state index contributed by atoms with van der Waals surface area (Å²) in [6.07, 6.45) is 0. The Morgan fingerprint density at radius 3 is 2.24 bits per heavy atom. The smallest absolute Gasteiger partial charge is 0.149 e. The lowest BCUT2D eigenvalue weighted by molar-refractivity contribution is 0.585. The van der Waals surface area contributed by atoms with E-state index in [0.717, 1.165) is 16.8 Å². The fourth-order valence-electron chi connectivity index (χ4n) is 1.65. The molecule has 2 nitrogen and oxygen atoms in total. The molecule has 0 saturated carbocycles. The van der Waals surface area contributed by atoms with Crippen molar-refractivity contribution < 1.29 is 0 Å². The van der Waals surface area contributed by atoms with Crippen LogP contribution in [-0.4, -0.2) is 10.2 Å². The third-order valence-electron chi connectivity index (χ3n) is 2.63. The van der Waals surface area contributed by atoms with Gasteiger partial charge in [-0.15, -0.1) is 10.2 Å². The number of nitrogens with zero attached hydrogens (tertiary/aromatic N) is 2. The van der Waals surface area contributed by atoms with Crippen LogP contribution < -0.4 is 0 Å². The van der Waals surface area contributed by atoms with Crippen molar-refractivity contribution in [1.82, 2.24) is 10.2 Å². The lowest BCUT2D eigenvalue weighted by Crippen LogP contribution is -2.13. The first-order chi connectivity index (χ1) is 7.98. The van der Waals surface area contributed by atoms with Crippen LogP contribution in [0.2, 0.25) is 5.15 Å².